The van der Waals surface area contributed by atoms with Gasteiger partial charge in [-0.25, -0.2) is 0 Å². The van der Waals surface area contributed by atoms with Crippen LogP contribution in [-0.2, 0) is 28.9 Å². The van der Waals surface area contributed by atoms with Crippen molar-refractivity contribution in [1.29, 1.82) is 0 Å². The van der Waals surface area contributed by atoms with E-state index in [4.69, 9.17) is 11.5 Å². The minimum Gasteiger partial charge on any atom is -0.508 e. The van der Waals surface area contributed by atoms with Gasteiger partial charge in [0, 0.05) is 12.5 Å². The molecule has 2 amide bonds. The highest BCUT2D eigenvalue weighted by Gasteiger charge is 2.29. The first-order valence-electron chi connectivity index (χ1n) is 14.0. The number of benzene rings is 3. The summed E-state index contributed by atoms with van der Waals surface area (Å²) in [5.41, 5.74) is 14.4. The number of carbonyl (C=O) groups is 2. The zero-order chi connectivity index (χ0) is 30.2. The van der Waals surface area contributed by atoms with E-state index in [-0.39, 0.29) is 31.1 Å². The van der Waals surface area contributed by atoms with Gasteiger partial charge in [-0.15, -0.1) is 0 Å². The predicted molar refractivity (Wildman–Crippen MR) is 162 cm³/mol. The number of carbonyl (C=O) groups excluding carboxylic acids is 2. The lowest BCUT2D eigenvalue weighted by Gasteiger charge is -2.24. The molecular weight excluding hydrogens is 518 g/mol. The topological polar surface area (TPSA) is 159 Å². The normalized spacial score (nSPS) is 14.7. The molecule has 0 aromatic heterocycles. The van der Waals surface area contributed by atoms with Crippen molar-refractivity contribution in [3.05, 3.63) is 114 Å². The van der Waals surface area contributed by atoms with E-state index in [1.165, 1.54) is 12.2 Å². The number of hydrogen-bond acceptors (Lipinski definition) is 6. The van der Waals surface area contributed by atoms with Crippen molar-refractivity contribution in [3.8, 4) is 5.75 Å². The third-order valence-electron chi connectivity index (χ3n) is 6.50. The highest BCUT2D eigenvalue weighted by atomic mass is 16.3. The summed E-state index contributed by atoms with van der Waals surface area (Å²) in [5.74, 6) is -1.96. The van der Waals surface area contributed by atoms with Gasteiger partial charge in [-0.1, -0.05) is 98.8 Å². The Morgan fingerprint density at radius 3 is 1.83 bits per heavy atom. The van der Waals surface area contributed by atoms with Gasteiger partial charge in [-0.2, -0.15) is 0 Å². The van der Waals surface area contributed by atoms with E-state index in [1.807, 2.05) is 74.5 Å². The highest BCUT2D eigenvalue weighted by Crippen LogP contribution is 2.17. The first kappa shape index (κ1) is 33.2. The second kappa shape index (κ2) is 17.7. The maximum atomic E-state index is 13.3. The van der Waals surface area contributed by atoms with Crippen LogP contribution in [0.3, 0.4) is 0 Å². The van der Waals surface area contributed by atoms with E-state index >= 15 is 0 Å². The van der Waals surface area contributed by atoms with Crippen LogP contribution in [0.4, 0.5) is 0 Å². The number of hydrogen-bond donors (Lipinski definition) is 6. The molecule has 3 aromatic carbocycles. The summed E-state index contributed by atoms with van der Waals surface area (Å²) in [6.07, 6.45) is 1.82. The quantitative estimate of drug-likeness (QED) is 0.166. The zero-order valence-corrected chi connectivity index (χ0v) is 23.8. The first-order valence-corrected chi connectivity index (χ1v) is 14.0. The van der Waals surface area contributed by atoms with Crippen molar-refractivity contribution in [2.24, 2.45) is 17.4 Å². The lowest BCUT2D eigenvalue weighted by atomic mass is 9.91. The molecule has 0 aliphatic carbocycles. The molecule has 220 valence electrons. The van der Waals surface area contributed by atoms with E-state index in [0.29, 0.717) is 6.42 Å². The molecule has 0 heterocycles. The van der Waals surface area contributed by atoms with Crippen LogP contribution in [0.1, 0.15) is 37.0 Å². The number of amides is 2. The number of nitrogens with one attached hydrogen (secondary N) is 1. The number of aliphatic hydroxyl groups is 2. The second-order valence-electron chi connectivity index (χ2n) is 9.76. The van der Waals surface area contributed by atoms with Crippen molar-refractivity contribution in [3.63, 3.8) is 0 Å². The van der Waals surface area contributed by atoms with Gasteiger partial charge in [-0.05, 0) is 48.1 Å². The number of primary amides is 1. The predicted octanol–water partition coefficient (Wildman–Crippen LogP) is 3.03. The fourth-order valence-corrected chi connectivity index (χ4v) is 4.37. The molecule has 0 bridgehead atoms. The molecule has 3 rings (SSSR count). The molecule has 1 unspecified atom stereocenters. The molecular formula is C33H43N3O5. The fraction of sp³-hybridized carbons (Fsp3) is 0.333. The Hall–Kier alpha value is -3.98. The number of nitrogens with two attached hydrogens (primary N) is 2. The van der Waals surface area contributed by atoms with Crippen molar-refractivity contribution < 1.29 is 24.9 Å². The van der Waals surface area contributed by atoms with E-state index < -0.39 is 36.0 Å². The van der Waals surface area contributed by atoms with Crippen molar-refractivity contribution in [1.82, 2.24) is 5.32 Å². The van der Waals surface area contributed by atoms with Crippen LogP contribution in [0.5, 0.6) is 5.75 Å². The maximum absolute atomic E-state index is 13.3. The number of aromatic hydroxyl groups is 1. The summed E-state index contributed by atoms with van der Waals surface area (Å²) >= 11 is 0. The van der Waals surface area contributed by atoms with E-state index in [2.05, 4.69) is 5.32 Å². The minimum atomic E-state index is -1.24. The number of rotatable bonds is 14. The molecule has 8 heteroatoms. The van der Waals surface area contributed by atoms with Gasteiger partial charge in [0.25, 0.3) is 0 Å². The van der Waals surface area contributed by atoms with Crippen LogP contribution in [0, 0.1) is 5.92 Å². The first-order chi connectivity index (χ1) is 19.7. The Bertz CT molecular complexity index is 1200. The van der Waals surface area contributed by atoms with Crippen LogP contribution in [-0.4, -0.2) is 51.4 Å². The SMILES string of the molecule is CC.NC(=O)C(Cc1ccccc1)NC(=O)[C@@H](Cc1ccccc1)[C@H](O)/C=C/[C@@H](O)C[C@@H](N)Cc1ccc(O)cc1. The second-order valence-corrected chi connectivity index (χ2v) is 9.76. The third-order valence-corrected chi connectivity index (χ3v) is 6.50. The van der Waals surface area contributed by atoms with Crippen LogP contribution in [0.15, 0.2) is 97.1 Å². The Morgan fingerprint density at radius 1 is 0.780 bits per heavy atom. The molecule has 8 nitrogen and oxygen atoms in total. The lowest BCUT2D eigenvalue weighted by molar-refractivity contribution is -0.131. The van der Waals surface area contributed by atoms with Crippen LogP contribution in [0.25, 0.3) is 0 Å². The van der Waals surface area contributed by atoms with Crippen molar-refractivity contribution in [2.45, 2.75) is 63.8 Å². The van der Waals surface area contributed by atoms with Gasteiger partial charge in [0.2, 0.25) is 11.8 Å². The Balaban J connectivity index is 0.00000287. The van der Waals surface area contributed by atoms with Crippen LogP contribution >= 0.6 is 0 Å². The van der Waals surface area contributed by atoms with E-state index in [0.717, 1.165) is 16.7 Å². The smallest absolute Gasteiger partial charge is 0.240 e. The maximum Gasteiger partial charge on any atom is 0.240 e. The minimum absolute atomic E-state index is 0.167. The highest BCUT2D eigenvalue weighted by molar-refractivity contribution is 5.88. The molecule has 0 aliphatic heterocycles. The Morgan fingerprint density at radius 2 is 1.29 bits per heavy atom. The van der Waals surface area contributed by atoms with E-state index in [1.54, 1.807) is 24.3 Å². The fourth-order valence-electron chi connectivity index (χ4n) is 4.37. The molecule has 0 saturated heterocycles. The van der Waals surface area contributed by atoms with Crippen LogP contribution < -0.4 is 16.8 Å². The molecule has 0 fully saturated rings. The van der Waals surface area contributed by atoms with Crippen molar-refractivity contribution >= 4 is 11.8 Å². The van der Waals surface area contributed by atoms with E-state index in [9.17, 15) is 24.9 Å². The molecule has 0 radical (unpaired) electrons. The Kier molecular flexibility index (Phi) is 14.3. The summed E-state index contributed by atoms with van der Waals surface area (Å²) in [7, 11) is 0. The summed E-state index contributed by atoms with van der Waals surface area (Å²) in [6, 6.07) is 23.8. The molecule has 0 aliphatic rings. The molecule has 41 heavy (non-hydrogen) atoms. The van der Waals surface area contributed by atoms with Crippen molar-refractivity contribution in [2.75, 3.05) is 0 Å². The summed E-state index contributed by atoms with van der Waals surface area (Å²) in [4.78, 5) is 25.5. The number of phenolic OH excluding ortho intramolecular Hbond substituents is 1. The summed E-state index contributed by atoms with van der Waals surface area (Å²) in [6.45, 7) is 4.00. The molecule has 0 saturated carbocycles. The summed E-state index contributed by atoms with van der Waals surface area (Å²) in [5, 5.41) is 33.6. The average Bonchev–Trinajstić information content (AvgIpc) is 2.97. The average molecular weight is 562 g/mol. The summed E-state index contributed by atoms with van der Waals surface area (Å²) < 4.78 is 0. The van der Waals surface area contributed by atoms with Gasteiger partial charge in [-0.3, -0.25) is 9.59 Å². The van der Waals surface area contributed by atoms with Gasteiger partial charge in [0.05, 0.1) is 18.1 Å². The van der Waals surface area contributed by atoms with Gasteiger partial charge in [0.1, 0.15) is 11.8 Å². The number of phenols is 1. The molecule has 8 N–H and O–H groups in total. The molecule has 0 spiro atoms. The largest absolute Gasteiger partial charge is 0.508 e. The van der Waals surface area contributed by atoms with Crippen LogP contribution in [0.2, 0.25) is 0 Å². The zero-order valence-electron chi connectivity index (χ0n) is 23.8. The lowest BCUT2D eigenvalue weighted by Crippen LogP contribution is -2.50. The molecule has 5 atom stereocenters. The van der Waals surface area contributed by atoms with Gasteiger partial charge < -0.3 is 32.1 Å². The number of aliphatic hydroxyl groups excluding tert-OH is 2. The van der Waals surface area contributed by atoms with Gasteiger partial charge in [0.15, 0.2) is 0 Å². The Labute approximate surface area is 242 Å². The van der Waals surface area contributed by atoms with Gasteiger partial charge >= 0.3 is 0 Å². The monoisotopic (exact) mass is 561 g/mol. The standard InChI is InChI=1S/C31H37N3O5.C2H6/c32-24(17-23-11-13-25(35)14-12-23)20-26(36)15-16-29(37)27(18-21-7-3-1-4-8-21)31(39)34-28(30(33)38)19-22-9-5-2-6-10-22;1-2/h1-16,24,26-29,35-37H,17-20,32H2,(H2,33,38)(H,34,39);1-2H3/b16-15+;/t24-,26+,27-,28?,29+;/m0./s1. The third kappa shape index (κ3) is 12.0. The molecule has 3 aromatic rings.